The summed E-state index contributed by atoms with van der Waals surface area (Å²) in [5.41, 5.74) is 1.28. The molecule has 2 rings (SSSR count). The average molecular weight is 270 g/mol. The second kappa shape index (κ2) is 5.31. The fraction of sp³-hybridized carbons (Fsp3) is 0.692. The molecule has 0 spiro atoms. The lowest BCUT2D eigenvalue weighted by molar-refractivity contribution is 0.0760. The summed E-state index contributed by atoms with van der Waals surface area (Å²) < 4.78 is 1.56. The van der Waals surface area contributed by atoms with Crippen LogP contribution in [0.5, 0.6) is 0 Å². The minimum atomic E-state index is 0.0275. The fourth-order valence-corrected chi connectivity index (χ4v) is 2.75. The van der Waals surface area contributed by atoms with Gasteiger partial charge in [0.15, 0.2) is 0 Å². The monoisotopic (exact) mass is 269 g/mol. The van der Waals surface area contributed by atoms with Crippen molar-refractivity contribution in [2.45, 2.75) is 33.1 Å². The second-order valence-electron chi connectivity index (χ2n) is 5.20. The summed E-state index contributed by atoms with van der Waals surface area (Å²) in [4.78, 5) is 14.4. The summed E-state index contributed by atoms with van der Waals surface area (Å²) in [6, 6.07) is 0. The van der Waals surface area contributed by atoms with Crippen molar-refractivity contribution in [2.75, 3.05) is 13.1 Å². The van der Waals surface area contributed by atoms with Crippen molar-refractivity contribution < 1.29 is 4.79 Å². The van der Waals surface area contributed by atoms with Gasteiger partial charge >= 0.3 is 0 Å². The summed E-state index contributed by atoms with van der Waals surface area (Å²) in [6.07, 6.45) is 3.34. The SMILES string of the molecule is Cc1nn(C)c(Cl)c1C(=O)N1CCC[C@H](C)CC1. The molecule has 0 unspecified atom stereocenters. The molecule has 0 aromatic carbocycles. The molecule has 0 radical (unpaired) electrons. The molecule has 1 fully saturated rings. The van der Waals surface area contributed by atoms with Crippen LogP contribution in [0.3, 0.4) is 0 Å². The molecule has 1 aliphatic rings. The van der Waals surface area contributed by atoms with Gasteiger partial charge < -0.3 is 4.90 Å². The molecule has 1 atom stereocenters. The first-order valence-electron chi connectivity index (χ1n) is 6.49. The van der Waals surface area contributed by atoms with Crippen molar-refractivity contribution in [3.63, 3.8) is 0 Å². The maximum Gasteiger partial charge on any atom is 0.258 e. The van der Waals surface area contributed by atoms with Gasteiger partial charge in [-0.2, -0.15) is 5.10 Å². The molecule has 1 aliphatic heterocycles. The van der Waals surface area contributed by atoms with E-state index in [1.165, 1.54) is 6.42 Å². The lowest BCUT2D eigenvalue weighted by atomic mass is 10.0. The molecule has 0 N–H and O–H groups in total. The van der Waals surface area contributed by atoms with E-state index in [0.717, 1.165) is 25.9 Å². The van der Waals surface area contributed by atoms with E-state index in [4.69, 9.17) is 11.6 Å². The zero-order valence-corrected chi connectivity index (χ0v) is 12.0. The van der Waals surface area contributed by atoms with Gasteiger partial charge in [0, 0.05) is 20.1 Å². The van der Waals surface area contributed by atoms with E-state index in [1.807, 2.05) is 11.8 Å². The Kier molecular flexibility index (Phi) is 3.95. The minimum absolute atomic E-state index is 0.0275. The number of aromatic nitrogens is 2. The Hall–Kier alpha value is -1.03. The summed E-state index contributed by atoms with van der Waals surface area (Å²) in [5.74, 6) is 0.730. The van der Waals surface area contributed by atoms with Crippen LogP contribution in [0.4, 0.5) is 0 Å². The largest absolute Gasteiger partial charge is 0.338 e. The van der Waals surface area contributed by atoms with E-state index < -0.39 is 0 Å². The van der Waals surface area contributed by atoms with Crippen LogP contribution >= 0.6 is 11.6 Å². The molecule has 4 nitrogen and oxygen atoms in total. The highest BCUT2D eigenvalue weighted by Crippen LogP contribution is 2.23. The Bertz CT molecular complexity index is 455. The number of amides is 1. The molecule has 0 bridgehead atoms. The van der Waals surface area contributed by atoms with Gasteiger partial charge in [0.1, 0.15) is 5.15 Å². The van der Waals surface area contributed by atoms with E-state index >= 15 is 0 Å². The van der Waals surface area contributed by atoms with Crippen molar-refractivity contribution in [1.82, 2.24) is 14.7 Å². The number of hydrogen-bond donors (Lipinski definition) is 0. The highest BCUT2D eigenvalue weighted by Gasteiger charge is 2.25. The van der Waals surface area contributed by atoms with E-state index in [2.05, 4.69) is 12.0 Å². The van der Waals surface area contributed by atoms with Gasteiger partial charge in [-0.15, -0.1) is 0 Å². The highest BCUT2D eigenvalue weighted by molar-refractivity contribution is 6.33. The molecule has 100 valence electrons. The lowest BCUT2D eigenvalue weighted by Crippen LogP contribution is -2.32. The Morgan fingerprint density at radius 2 is 2.11 bits per heavy atom. The number of nitrogens with zero attached hydrogens (tertiary/aromatic N) is 3. The zero-order valence-electron chi connectivity index (χ0n) is 11.2. The normalized spacial score (nSPS) is 20.9. The van der Waals surface area contributed by atoms with Crippen LogP contribution in [0, 0.1) is 12.8 Å². The van der Waals surface area contributed by atoms with Crippen molar-refractivity contribution in [3.8, 4) is 0 Å². The minimum Gasteiger partial charge on any atom is -0.338 e. The first-order valence-corrected chi connectivity index (χ1v) is 6.87. The van der Waals surface area contributed by atoms with Gasteiger partial charge in [0.05, 0.1) is 11.3 Å². The van der Waals surface area contributed by atoms with Crippen LogP contribution in [0.2, 0.25) is 5.15 Å². The molecule has 1 amide bonds. The van der Waals surface area contributed by atoms with Crippen LogP contribution in [0.25, 0.3) is 0 Å². The van der Waals surface area contributed by atoms with Gasteiger partial charge in [0.2, 0.25) is 0 Å². The van der Waals surface area contributed by atoms with E-state index in [0.29, 0.717) is 22.3 Å². The molecular formula is C13H20ClN3O. The standard InChI is InChI=1S/C13H20ClN3O/c1-9-5-4-7-17(8-6-9)13(18)11-10(2)15-16(3)12(11)14/h9H,4-8H2,1-3H3/t9-/m0/s1. The van der Waals surface area contributed by atoms with Crippen LogP contribution in [-0.4, -0.2) is 33.7 Å². The smallest absolute Gasteiger partial charge is 0.258 e. The van der Waals surface area contributed by atoms with Gasteiger partial charge in [-0.05, 0) is 32.1 Å². The number of halogens is 1. The average Bonchev–Trinajstić information content (AvgIpc) is 2.51. The van der Waals surface area contributed by atoms with Crippen molar-refractivity contribution >= 4 is 17.5 Å². The molecular weight excluding hydrogens is 250 g/mol. The predicted molar refractivity (Wildman–Crippen MR) is 71.9 cm³/mol. The van der Waals surface area contributed by atoms with Crippen molar-refractivity contribution in [1.29, 1.82) is 0 Å². The molecule has 1 saturated heterocycles. The summed E-state index contributed by atoms with van der Waals surface area (Å²) in [6.45, 7) is 5.73. The highest BCUT2D eigenvalue weighted by atomic mass is 35.5. The number of rotatable bonds is 1. The molecule has 2 heterocycles. The number of carbonyl (C=O) groups excluding carboxylic acids is 1. The first-order chi connectivity index (χ1) is 8.50. The first kappa shape index (κ1) is 13.4. The maximum atomic E-state index is 12.5. The molecule has 5 heteroatoms. The molecule has 1 aromatic rings. The van der Waals surface area contributed by atoms with Crippen LogP contribution < -0.4 is 0 Å². The summed E-state index contributed by atoms with van der Waals surface area (Å²) >= 11 is 6.15. The Morgan fingerprint density at radius 1 is 1.39 bits per heavy atom. The lowest BCUT2D eigenvalue weighted by Gasteiger charge is -2.20. The maximum absolute atomic E-state index is 12.5. The second-order valence-corrected chi connectivity index (χ2v) is 5.56. The molecule has 0 aliphatic carbocycles. The Labute approximate surface area is 113 Å². The summed E-state index contributed by atoms with van der Waals surface area (Å²) in [7, 11) is 1.76. The van der Waals surface area contributed by atoms with E-state index in [1.54, 1.807) is 11.7 Å². The third kappa shape index (κ3) is 2.53. The van der Waals surface area contributed by atoms with Gasteiger partial charge in [-0.25, -0.2) is 0 Å². The van der Waals surface area contributed by atoms with Gasteiger partial charge in [0.25, 0.3) is 5.91 Å². The van der Waals surface area contributed by atoms with Crippen molar-refractivity contribution in [2.24, 2.45) is 13.0 Å². The quantitative estimate of drug-likeness (QED) is 0.786. The van der Waals surface area contributed by atoms with Gasteiger partial charge in [-0.1, -0.05) is 18.5 Å². The number of likely N-dealkylation sites (tertiary alicyclic amines) is 1. The Balaban J connectivity index is 2.20. The van der Waals surface area contributed by atoms with Crippen LogP contribution in [0.1, 0.15) is 42.2 Å². The molecule has 0 saturated carbocycles. The summed E-state index contributed by atoms with van der Waals surface area (Å²) in [5, 5.41) is 4.64. The topological polar surface area (TPSA) is 38.1 Å². The number of aryl methyl sites for hydroxylation is 2. The third-order valence-electron chi connectivity index (χ3n) is 3.67. The van der Waals surface area contributed by atoms with Crippen molar-refractivity contribution in [3.05, 3.63) is 16.4 Å². The number of carbonyl (C=O) groups is 1. The Morgan fingerprint density at radius 3 is 2.72 bits per heavy atom. The van der Waals surface area contributed by atoms with E-state index in [-0.39, 0.29) is 5.91 Å². The van der Waals surface area contributed by atoms with Crippen LogP contribution in [-0.2, 0) is 7.05 Å². The van der Waals surface area contributed by atoms with Gasteiger partial charge in [-0.3, -0.25) is 9.48 Å². The zero-order chi connectivity index (χ0) is 13.3. The molecule has 1 aromatic heterocycles. The van der Waals surface area contributed by atoms with Crippen LogP contribution in [0.15, 0.2) is 0 Å². The number of hydrogen-bond acceptors (Lipinski definition) is 2. The van der Waals surface area contributed by atoms with E-state index in [9.17, 15) is 4.79 Å². The molecule has 18 heavy (non-hydrogen) atoms. The fourth-order valence-electron chi connectivity index (χ4n) is 2.50. The third-order valence-corrected chi connectivity index (χ3v) is 4.10. The predicted octanol–water partition coefficient (Wildman–Crippen LogP) is 2.64.